The second-order valence-corrected chi connectivity index (χ2v) is 10.8. The molecule has 0 radical (unpaired) electrons. The highest BCUT2D eigenvalue weighted by molar-refractivity contribution is 7.89. The van der Waals surface area contributed by atoms with Gasteiger partial charge in [0, 0.05) is 29.7 Å². The second-order valence-electron chi connectivity index (χ2n) is 7.45. The molecule has 1 fully saturated rings. The zero-order valence-electron chi connectivity index (χ0n) is 17.1. The Balaban J connectivity index is 1.41. The van der Waals surface area contributed by atoms with Gasteiger partial charge in [-0.05, 0) is 55.7 Å². The molecule has 1 aliphatic heterocycles. The number of sulfonamides is 1. The molecule has 168 valence electrons. The highest BCUT2D eigenvalue weighted by Crippen LogP contribution is 2.34. The monoisotopic (exact) mass is 494 g/mol. The van der Waals surface area contributed by atoms with Crippen molar-refractivity contribution in [1.29, 1.82) is 0 Å². The zero-order chi connectivity index (χ0) is 22.9. The number of hydrogen-bond acceptors (Lipinski definition) is 6. The van der Waals surface area contributed by atoms with Crippen LogP contribution in [-0.2, 0) is 10.0 Å². The van der Waals surface area contributed by atoms with Gasteiger partial charge in [0.05, 0.1) is 4.90 Å². The lowest BCUT2D eigenvalue weighted by Crippen LogP contribution is -2.38. The van der Waals surface area contributed by atoms with Crippen molar-refractivity contribution >= 4 is 44.6 Å². The molecule has 0 unspecified atom stereocenters. The molecular weight excluding hydrogens is 475 g/mol. The molecule has 0 saturated carbocycles. The van der Waals surface area contributed by atoms with E-state index in [2.05, 4.69) is 15.5 Å². The second kappa shape index (κ2) is 9.22. The molecule has 7 nitrogen and oxygen atoms in total. The van der Waals surface area contributed by atoms with Crippen LogP contribution in [-0.4, -0.2) is 41.9 Å². The Labute approximate surface area is 194 Å². The van der Waals surface area contributed by atoms with Crippen LogP contribution in [0, 0.1) is 12.7 Å². The van der Waals surface area contributed by atoms with Gasteiger partial charge < -0.3 is 5.32 Å². The largest absolute Gasteiger partial charge is 0.320 e. The van der Waals surface area contributed by atoms with Gasteiger partial charge in [-0.2, -0.15) is 4.31 Å². The van der Waals surface area contributed by atoms with Crippen LogP contribution < -0.4 is 5.32 Å². The number of hydrogen-bond donors (Lipinski definition) is 1. The standard InChI is InChI=1S/C21H20ClFN4O3S2/c1-13-17(22)6-3-7-18(13)32(29,30)27-10-8-14(9-11-27)20-25-26-21(31-20)19(28)24-16-5-2-4-15(23)12-16/h2-7,12,14H,8-11H2,1H3,(H,24,28). The molecule has 0 spiro atoms. The van der Waals surface area contributed by atoms with Gasteiger partial charge in [-0.1, -0.05) is 35.1 Å². The van der Waals surface area contributed by atoms with Crippen molar-refractivity contribution in [3.8, 4) is 0 Å². The number of halogens is 2. The van der Waals surface area contributed by atoms with Crippen LogP contribution in [0.4, 0.5) is 10.1 Å². The summed E-state index contributed by atoms with van der Waals surface area (Å²) in [6, 6.07) is 10.5. The van der Waals surface area contributed by atoms with Crippen LogP contribution in [0.15, 0.2) is 47.4 Å². The van der Waals surface area contributed by atoms with E-state index in [1.807, 2.05) is 0 Å². The van der Waals surface area contributed by atoms with Crippen LogP contribution >= 0.6 is 22.9 Å². The van der Waals surface area contributed by atoms with Gasteiger partial charge in [0.15, 0.2) is 0 Å². The van der Waals surface area contributed by atoms with Gasteiger partial charge >= 0.3 is 0 Å². The van der Waals surface area contributed by atoms with Gasteiger partial charge in [-0.3, -0.25) is 4.79 Å². The fraction of sp³-hybridized carbons (Fsp3) is 0.286. The third-order valence-corrected chi connectivity index (χ3v) is 8.89. The molecule has 32 heavy (non-hydrogen) atoms. The highest BCUT2D eigenvalue weighted by Gasteiger charge is 2.32. The summed E-state index contributed by atoms with van der Waals surface area (Å²) >= 11 is 7.27. The number of nitrogens with zero attached hydrogens (tertiary/aromatic N) is 3. The molecule has 1 saturated heterocycles. The van der Waals surface area contributed by atoms with Crippen molar-refractivity contribution in [2.45, 2.75) is 30.6 Å². The van der Waals surface area contributed by atoms with Crippen molar-refractivity contribution < 1.29 is 17.6 Å². The summed E-state index contributed by atoms with van der Waals surface area (Å²) in [4.78, 5) is 12.6. The molecule has 11 heteroatoms. The number of carbonyl (C=O) groups excluding carboxylic acids is 1. The molecule has 3 aromatic rings. The van der Waals surface area contributed by atoms with Crippen molar-refractivity contribution in [2.75, 3.05) is 18.4 Å². The van der Waals surface area contributed by atoms with Crippen molar-refractivity contribution in [1.82, 2.24) is 14.5 Å². The maximum Gasteiger partial charge on any atom is 0.286 e. The normalized spacial score (nSPS) is 15.6. The lowest BCUT2D eigenvalue weighted by atomic mass is 9.99. The van der Waals surface area contributed by atoms with Crippen LogP contribution in [0.2, 0.25) is 5.02 Å². The maximum absolute atomic E-state index is 13.3. The number of carbonyl (C=O) groups is 1. The van der Waals surface area contributed by atoms with E-state index in [9.17, 15) is 17.6 Å². The number of aromatic nitrogens is 2. The van der Waals surface area contributed by atoms with E-state index >= 15 is 0 Å². The summed E-state index contributed by atoms with van der Waals surface area (Å²) in [6.07, 6.45) is 1.14. The van der Waals surface area contributed by atoms with Gasteiger partial charge in [-0.15, -0.1) is 10.2 Å². The van der Waals surface area contributed by atoms with E-state index in [0.717, 1.165) is 0 Å². The topological polar surface area (TPSA) is 92.3 Å². The minimum absolute atomic E-state index is 0.00938. The first-order chi connectivity index (χ1) is 15.3. The first-order valence-electron chi connectivity index (χ1n) is 9.91. The van der Waals surface area contributed by atoms with Crippen molar-refractivity contribution in [3.63, 3.8) is 0 Å². The average Bonchev–Trinajstić information content (AvgIpc) is 3.26. The number of amides is 1. The van der Waals surface area contributed by atoms with Crippen LogP contribution in [0.1, 0.15) is 39.1 Å². The number of nitrogens with one attached hydrogen (secondary N) is 1. The molecule has 1 amide bonds. The Morgan fingerprint density at radius 1 is 1.19 bits per heavy atom. The molecule has 0 aliphatic carbocycles. The molecular formula is C21H20ClFN4O3S2. The maximum atomic E-state index is 13.3. The number of rotatable bonds is 5. The first-order valence-corrected chi connectivity index (χ1v) is 12.5. The van der Waals surface area contributed by atoms with Gasteiger partial charge in [0.1, 0.15) is 10.8 Å². The van der Waals surface area contributed by atoms with E-state index in [4.69, 9.17) is 11.6 Å². The Hall–Kier alpha value is -2.40. The van der Waals surface area contributed by atoms with E-state index in [1.165, 1.54) is 33.8 Å². The predicted molar refractivity (Wildman–Crippen MR) is 121 cm³/mol. The highest BCUT2D eigenvalue weighted by atomic mass is 35.5. The molecule has 0 bridgehead atoms. The minimum Gasteiger partial charge on any atom is -0.320 e. The van der Waals surface area contributed by atoms with E-state index in [1.54, 1.807) is 31.2 Å². The summed E-state index contributed by atoms with van der Waals surface area (Å²) in [6.45, 7) is 2.37. The lowest BCUT2D eigenvalue weighted by Gasteiger charge is -2.30. The third-order valence-electron chi connectivity index (χ3n) is 5.36. The van der Waals surface area contributed by atoms with Crippen LogP contribution in [0.5, 0.6) is 0 Å². The number of anilines is 1. The van der Waals surface area contributed by atoms with Gasteiger partial charge in [0.25, 0.3) is 5.91 Å². The minimum atomic E-state index is -3.65. The van der Waals surface area contributed by atoms with Gasteiger partial charge in [-0.25, -0.2) is 12.8 Å². The number of piperidine rings is 1. The molecule has 1 N–H and O–H groups in total. The van der Waals surface area contributed by atoms with E-state index in [0.29, 0.717) is 47.2 Å². The third kappa shape index (κ3) is 4.68. The fourth-order valence-electron chi connectivity index (χ4n) is 3.59. The smallest absolute Gasteiger partial charge is 0.286 e. The van der Waals surface area contributed by atoms with Gasteiger partial charge in [0.2, 0.25) is 15.0 Å². The van der Waals surface area contributed by atoms with Crippen molar-refractivity contribution in [2.24, 2.45) is 0 Å². The summed E-state index contributed by atoms with van der Waals surface area (Å²) < 4.78 is 40.9. The Bertz CT molecular complexity index is 1260. The summed E-state index contributed by atoms with van der Waals surface area (Å²) in [5.41, 5.74) is 0.871. The van der Waals surface area contributed by atoms with E-state index < -0.39 is 21.7 Å². The SMILES string of the molecule is Cc1c(Cl)cccc1S(=O)(=O)N1CCC(c2nnc(C(=O)Nc3cccc(F)c3)s2)CC1. The molecule has 1 aromatic heterocycles. The molecule has 0 atom stereocenters. The summed E-state index contributed by atoms with van der Waals surface area (Å²) in [5, 5.41) is 12.0. The first kappa shape index (κ1) is 22.8. The van der Waals surface area contributed by atoms with Crippen molar-refractivity contribution in [3.05, 3.63) is 68.9 Å². The molecule has 1 aliphatic rings. The summed E-state index contributed by atoms with van der Waals surface area (Å²) in [7, 11) is -3.65. The number of benzene rings is 2. The molecule has 2 heterocycles. The molecule has 2 aromatic carbocycles. The lowest BCUT2D eigenvalue weighted by molar-refractivity contribution is 0.102. The average molecular weight is 495 g/mol. The Morgan fingerprint density at radius 3 is 2.62 bits per heavy atom. The van der Waals surface area contributed by atoms with Crippen LogP contribution in [0.3, 0.4) is 0 Å². The Kier molecular flexibility index (Phi) is 6.57. The predicted octanol–water partition coefficient (Wildman–Crippen LogP) is 4.46. The van der Waals surface area contributed by atoms with E-state index in [-0.39, 0.29) is 15.8 Å². The molecule has 4 rings (SSSR count). The zero-order valence-corrected chi connectivity index (χ0v) is 19.5. The van der Waals surface area contributed by atoms with Crippen LogP contribution in [0.25, 0.3) is 0 Å². The fourth-order valence-corrected chi connectivity index (χ4v) is 6.45. The Morgan fingerprint density at radius 2 is 1.91 bits per heavy atom. The summed E-state index contributed by atoms with van der Waals surface area (Å²) in [5.74, 6) is -0.902. The quantitative estimate of drug-likeness (QED) is 0.565.